The van der Waals surface area contributed by atoms with Gasteiger partial charge in [0.25, 0.3) is 0 Å². The smallest absolute Gasteiger partial charge is 0.247 e. The van der Waals surface area contributed by atoms with Crippen molar-refractivity contribution in [2.75, 3.05) is 19.8 Å². The van der Waals surface area contributed by atoms with E-state index in [1.807, 2.05) is 25.2 Å². The van der Waals surface area contributed by atoms with Crippen LogP contribution in [0.15, 0.2) is 108 Å². The lowest BCUT2D eigenvalue weighted by Crippen LogP contribution is -2.45. The van der Waals surface area contributed by atoms with Crippen molar-refractivity contribution in [3.8, 4) is 17.6 Å². The summed E-state index contributed by atoms with van der Waals surface area (Å²) in [7, 11) is 0. The Kier molecular flexibility index (Phi) is 9.26. The third-order valence-electron chi connectivity index (χ3n) is 6.87. The number of rotatable bonds is 6. The van der Waals surface area contributed by atoms with E-state index in [1.165, 1.54) is 30.4 Å². The van der Waals surface area contributed by atoms with Gasteiger partial charge in [0.05, 0.1) is 18.6 Å². The molecule has 1 amide bonds. The molecule has 1 N–H and O–H groups in total. The maximum atomic E-state index is 13.6. The SMILES string of the molecule is C=C/C=C(\C=C(/C)C(=O)N[C@H]1COC2=CC=C(C#CC3(C)COC3)C(=C)C=C2C(C)CC1=O)Oc1cccc(F)c1. The van der Waals surface area contributed by atoms with Crippen LogP contribution in [-0.4, -0.2) is 37.6 Å². The molecule has 4 rings (SSSR count). The van der Waals surface area contributed by atoms with Crippen LogP contribution in [0.5, 0.6) is 5.75 Å². The van der Waals surface area contributed by atoms with Crippen LogP contribution in [0, 0.1) is 29.0 Å². The van der Waals surface area contributed by atoms with E-state index >= 15 is 0 Å². The minimum atomic E-state index is -0.847. The number of ketones is 1. The molecule has 7 heteroatoms. The van der Waals surface area contributed by atoms with Crippen LogP contribution in [0.25, 0.3) is 0 Å². The van der Waals surface area contributed by atoms with Gasteiger partial charge in [0.1, 0.15) is 35.7 Å². The Bertz CT molecular complexity index is 1480. The average molecular weight is 556 g/mol. The maximum absolute atomic E-state index is 13.6. The third-order valence-corrected chi connectivity index (χ3v) is 6.87. The summed E-state index contributed by atoms with van der Waals surface area (Å²) in [4.78, 5) is 26.2. The molecule has 2 saturated heterocycles. The highest BCUT2D eigenvalue weighted by Crippen LogP contribution is 2.32. The van der Waals surface area contributed by atoms with Crippen LogP contribution in [0.2, 0.25) is 0 Å². The van der Waals surface area contributed by atoms with Gasteiger partial charge in [-0.15, -0.1) is 0 Å². The van der Waals surface area contributed by atoms with Crippen molar-refractivity contribution in [3.63, 3.8) is 0 Å². The summed E-state index contributed by atoms with van der Waals surface area (Å²) < 4.78 is 30.7. The van der Waals surface area contributed by atoms with Crippen molar-refractivity contribution in [1.29, 1.82) is 0 Å². The van der Waals surface area contributed by atoms with Crippen LogP contribution in [0.1, 0.15) is 27.2 Å². The zero-order chi connectivity index (χ0) is 29.6. The summed E-state index contributed by atoms with van der Waals surface area (Å²) >= 11 is 0. The predicted molar refractivity (Wildman–Crippen MR) is 156 cm³/mol. The van der Waals surface area contributed by atoms with Crippen LogP contribution in [-0.2, 0) is 19.1 Å². The van der Waals surface area contributed by atoms with Gasteiger partial charge in [0, 0.05) is 23.6 Å². The lowest BCUT2D eigenvalue weighted by Gasteiger charge is -2.32. The summed E-state index contributed by atoms with van der Waals surface area (Å²) in [6.45, 7) is 14.6. The molecule has 41 heavy (non-hydrogen) atoms. The molecule has 3 aliphatic rings. The van der Waals surface area contributed by atoms with E-state index in [0.717, 1.165) is 16.7 Å². The molecule has 0 bridgehead atoms. The molecule has 0 spiro atoms. The van der Waals surface area contributed by atoms with E-state index in [1.54, 1.807) is 19.1 Å². The number of ether oxygens (including phenoxy) is 3. The van der Waals surface area contributed by atoms with Gasteiger partial charge in [-0.1, -0.05) is 44.1 Å². The normalized spacial score (nSPS) is 22.4. The fraction of sp³-hybridized carbons (Fsp3) is 0.294. The summed E-state index contributed by atoms with van der Waals surface area (Å²) in [6.07, 6.45) is 10.4. The van der Waals surface area contributed by atoms with Crippen molar-refractivity contribution in [1.82, 2.24) is 5.32 Å². The Balaban J connectivity index is 1.48. The number of Topliss-reactive ketones (excluding diaryl/α,β-unsaturated/α-hetero) is 1. The topological polar surface area (TPSA) is 73.9 Å². The molecule has 0 saturated carbocycles. The van der Waals surface area contributed by atoms with Crippen molar-refractivity contribution < 1.29 is 28.2 Å². The summed E-state index contributed by atoms with van der Waals surface area (Å²) in [6, 6.07) is 4.82. The number of hydrogen-bond donors (Lipinski definition) is 1. The number of carbonyl (C=O) groups is 2. The molecule has 1 aromatic carbocycles. The van der Waals surface area contributed by atoms with E-state index in [2.05, 4.69) is 37.2 Å². The van der Waals surface area contributed by atoms with Gasteiger partial charge in [0.15, 0.2) is 5.78 Å². The summed E-state index contributed by atoms with van der Waals surface area (Å²) in [5, 5.41) is 2.79. The van der Waals surface area contributed by atoms with Gasteiger partial charge in [-0.05, 0) is 73.4 Å². The molecule has 1 aliphatic carbocycles. The summed E-state index contributed by atoms with van der Waals surface area (Å²) in [5.41, 5.74) is 2.53. The number of carbonyl (C=O) groups excluding carboxylic acids is 2. The van der Waals surface area contributed by atoms with E-state index < -0.39 is 17.8 Å². The quantitative estimate of drug-likeness (QED) is 0.212. The lowest BCUT2D eigenvalue weighted by atomic mass is 9.88. The highest BCUT2D eigenvalue weighted by Gasteiger charge is 2.32. The van der Waals surface area contributed by atoms with Gasteiger partial charge >= 0.3 is 0 Å². The first-order valence-corrected chi connectivity index (χ1v) is 13.4. The maximum Gasteiger partial charge on any atom is 0.247 e. The molecule has 2 fully saturated rings. The molecule has 0 aromatic heterocycles. The minimum Gasteiger partial charge on any atom is -0.491 e. The minimum absolute atomic E-state index is 0.0281. The van der Waals surface area contributed by atoms with E-state index in [4.69, 9.17) is 14.2 Å². The van der Waals surface area contributed by atoms with Crippen LogP contribution in [0.4, 0.5) is 4.39 Å². The number of allylic oxidation sites excluding steroid dienone is 9. The second kappa shape index (κ2) is 12.8. The Labute approximate surface area is 240 Å². The number of nitrogens with one attached hydrogen (secondary N) is 1. The zero-order valence-electron chi connectivity index (χ0n) is 23.6. The van der Waals surface area contributed by atoms with Crippen LogP contribution < -0.4 is 10.1 Å². The molecule has 6 nitrogen and oxygen atoms in total. The second-order valence-corrected chi connectivity index (χ2v) is 10.6. The fourth-order valence-electron chi connectivity index (χ4n) is 4.42. The van der Waals surface area contributed by atoms with E-state index in [0.29, 0.717) is 24.5 Å². The zero-order valence-corrected chi connectivity index (χ0v) is 23.6. The molecule has 212 valence electrons. The highest BCUT2D eigenvalue weighted by atomic mass is 19.1. The molecule has 2 atom stereocenters. The first-order valence-electron chi connectivity index (χ1n) is 13.4. The first kappa shape index (κ1) is 29.6. The van der Waals surface area contributed by atoms with Gasteiger partial charge in [-0.2, -0.15) is 0 Å². The van der Waals surface area contributed by atoms with Crippen molar-refractivity contribution in [2.24, 2.45) is 11.3 Å². The van der Waals surface area contributed by atoms with E-state index in [9.17, 15) is 14.0 Å². The van der Waals surface area contributed by atoms with Gasteiger partial charge < -0.3 is 19.5 Å². The average Bonchev–Trinajstić information content (AvgIpc) is 3.06. The molecule has 1 aromatic rings. The Morgan fingerprint density at radius 3 is 2.76 bits per heavy atom. The number of hydrogen-bond acceptors (Lipinski definition) is 5. The van der Waals surface area contributed by atoms with Crippen molar-refractivity contribution >= 4 is 11.7 Å². The second-order valence-electron chi connectivity index (χ2n) is 10.6. The molecular weight excluding hydrogens is 521 g/mol. The van der Waals surface area contributed by atoms with Crippen molar-refractivity contribution in [2.45, 2.75) is 33.2 Å². The molecule has 1 unspecified atom stereocenters. The largest absolute Gasteiger partial charge is 0.491 e. The Hall–Kier alpha value is -4.41. The number of halogens is 1. The molecule has 2 heterocycles. The molecule has 2 aliphatic heterocycles. The molecule has 0 radical (unpaired) electrons. The Morgan fingerprint density at radius 2 is 2.07 bits per heavy atom. The standard InChI is InChI=1S/C34H34FNO5/c1-6-8-27(41-28-10-7-9-26(35)18-28)15-24(4)33(38)36-30-19-40-32-12-11-25(13-14-34(5)20-39-21-34)22(2)16-29(32)23(3)17-31(30)37/h6-12,15-16,18,23,30H,1-2,17,19-21H2,3-5H3,(H,36,38)/b24-15+,27-8+/t23?,30-/m0/s1. The van der Waals surface area contributed by atoms with Gasteiger partial charge in [-0.3, -0.25) is 9.59 Å². The monoisotopic (exact) mass is 555 g/mol. The summed E-state index contributed by atoms with van der Waals surface area (Å²) in [5.74, 6) is 6.48. The fourth-order valence-corrected chi connectivity index (χ4v) is 4.42. The third kappa shape index (κ3) is 7.62. The first-order chi connectivity index (χ1) is 19.6. The number of fused-ring (bicyclic) bond motifs is 1. The number of benzene rings is 1. The van der Waals surface area contributed by atoms with Gasteiger partial charge in [-0.25, -0.2) is 4.39 Å². The highest BCUT2D eigenvalue weighted by molar-refractivity contribution is 5.97. The number of amides is 1. The molecular formula is C34H34FNO5. The van der Waals surface area contributed by atoms with E-state index in [-0.39, 0.29) is 41.7 Å². The van der Waals surface area contributed by atoms with Crippen molar-refractivity contribution in [3.05, 3.63) is 114 Å². The Morgan fingerprint density at radius 1 is 1.29 bits per heavy atom. The van der Waals surface area contributed by atoms with Crippen LogP contribution >= 0.6 is 0 Å². The van der Waals surface area contributed by atoms with Gasteiger partial charge in [0.2, 0.25) is 5.91 Å². The van der Waals surface area contributed by atoms with Crippen LogP contribution in [0.3, 0.4) is 0 Å². The lowest BCUT2D eigenvalue weighted by molar-refractivity contribution is -0.128. The predicted octanol–water partition coefficient (Wildman–Crippen LogP) is 5.68.